The minimum absolute atomic E-state index is 0.0561. The van der Waals surface area contributed by atoms with Gasteiger partial charge in [-0.05, 0) is 49.6 Å². The van der Waals surface area contributed by atoms with Crippen molar-refractivity contribution in [1.82, 2.24) is 19.7 Å². The summed E-state index contributed by atoms with van der Waals surface area (Å²) >= 11 is 1.48. The molecule has 0 N–H and O–H groups in total. The van der Waals surface area contributed by atoms with Crippen molar-refractivity contribution in [3.8, 4) is 39.0 Å². The van der Waals surface area contributed by atoms with Gasteiger partial charge in [0.15, 0.2) is 11.6 Å². The third-order valence-electron chi connectivity index (χ3n) is 7.18. The molecule has 0 aliphatic heterocycles. The van der Waals surface area contributed by atoms with Gasteiger partial charge in [-0.15, -0.1) is 11.3 Å². The van der Waals surface area contributed by atoms with Crippen LogP contribution in [-0.4, -0.2) is 19.7 Å². The van der Waals surface area contributed by atoms with E-state index in [1.807, 2.05) is 73.7 Å². The molecular formula is C34H29FN4O3S. The number of hydrogen-bond acceptors (Lipinski definition) is 7. The van der Waals surface area contributed by atoms with E-state index in [1.54, 1.807) is 30.5 Å². The molecule has 0 fully saturated rings. The zero-order valence-corrected chi connectivity index (χ0v) is 24.8. The summed E-state index contributed by atoms with van der Waals surface area (Å²) in [5.41, 5.74) is 4.00. The third-order valence-corrected chi connectivity index (χ3v) is 8.25. The molecule has 9 heteroatoms. The summed E-state index contributed by atoms with van der Waals surface area (Å²) in [4.78, 5) is 25.4. The summed E-state index contributed by atoms with van der Waals surface area (Å²) in [5, 5.41) is 4.06. The zero-order valence-electron chi connectivity index (χ0n) is 24.0. The van der Waals surface area contributed by atoms with Crippen LogP contribution in [0, 0.1) is 26.6 Å². The summed E-state index contributed by atoms with van der Waals surface area (Å²) in [6.45, 7) is 6.02. The quantitative estimate of drug-likeness (QED) is 0.172. The number of hydrogen-bond donors (Lipinski definition) is 0. The van der Waals surface area contributed by atoms with Gasteiger partial charge in [-0.25, -0.2) is 9.37 Å². The van der Waals surface area contributed by atoms with Gasteiger partial charge in [0.05, 0.1) is 16.8 Å². The fourth-order valence-electron chi connectivity index (χ4n) is 5.04. The maximum Gasteiger partial charge on any atom is 0.262 e. The summed E-state index contributed by atoms with van der Waals surface area (Å²) in [7, 11) is 0. The van der Waals surface area contributed by atoms with Crippen molar-refractivity contribution in [2.24, 2.45) is 0 Å². The molecule has 43 heavy (non-hydrogen) atoms. The SMILES string of the molecule is Cc1nc(-c2cc(-c3c(C)nc(-c4cccc(F)c4OCc4ccccc4)n(CCc4ccccc4)c3=O)sc2C)no1. The first kappa shape index (κ1) is 28.2. The number of para-hydroxylation sites is 1. The van der Waals surface area contributed by atoms with Crippen LogP contribution < -0.4 is 10.3 Å². The second-order valence-electron chi connectivity index (χ2n) is 10.2. The molecule has 3 aromatic heterocycles. The summed E-state index contributed by atoms with van der Waals surface area (Å²) < 4.78 is 28.2. The molecule has 0 saturated heterocycles. The average molecular weight is 593 g/mol. The van der Waals surface area contributed by atoms with E-state index in [4.69, 9.17) is 14.2 Å². The van der Waals surface area contributed by atoms with E-state index < -0.39 is 5.82 Å². The van der Waals surface area contributed by atoms with Gasteiger partial charge < -0.3 is 9.26 Å². The minimum atomic E-state index is -0.520. The van der Waals surface area contributed by atoms with Crippen molar-refractivity contribution in [3.63, 3.8) is 0 Å². The molecule has 0 saturated carbocycles. The van der Waals surface area contributed by atoms with Crippen LogP contribution in [0.5, 0.6) is 5.75 Å². The molecule has 6 rings (SSSR count). The van der Waals surface area contributed by atoms with Gasteiger partial charge in [-0.2, -0.15) is 4.98 Å². The molecule has 0 bridgehead atoms. The molecule has 0 radical (unpaired) electrons. The van der Waals surface area contributed by atoms with E-state index in [1.165, 1.54) is 17.4 Å². The lowest BCUT2D eigenvalue weighted by molar-refractivity contribution is 0.291. The van der Waals surface area contributed by atoms with Crippen LogP contribution >= 0.6 is 11.3 Å². The van der Waals surface area contributed by atoms with Gasteiger partial charge in [0, 0.05) is 28.8 Å². The maximum absolute atomic E-state index is 15.3. The van der Waals surface area contributed by atoms with Crippen molar-refractivity contribution in [2.45, 2.75) is 40.3 Å². The van der Waals surface area contributed by atoms with E-state index in [-0.39, 0.29) is 17.9 Å². The number of thiophene rings is 1. The molecule has 0 atom stereocenters. The molecule has 3 heterocycles. The zero-order chi connectivity index (χ0) is 29.9. The molecule has 7 nitrogen and oxygen atoms in total. The van der Waals surface area contributed by atoms with E-state index in [0.29, 0.717) is 47.3 Å². The monoisotopic (exact) mass is 592 g/mol. The molecule has 6 aromatic rings. The third kappa shape index (κ3) is 5.89. The molecule has 0 unspecified atom stereocenters. The second kappa shape index (κ2) is 12.1. The number of aryl methyl sites for hydroxylation is 4. The van der Waals surface area contributed by atoms with Crippen LogP contribution in [0.2, 0.25) is 0 Å². The Labute approximate surface area is 252 Å². The predicted molar refractivity (Wildman–Crippen MR) is 166 cm³/mol. The fraction of sp³-hybridized carbons (Fsp3) is 0.176. The van der Waals surface area contributed by atoms with Crippen LogP contribution in [0.15, 0.2) is 94.2 Å². The first-order valence-corrected chi connectivity index (χ1v) is 14.7. The van der Waals surface area contributed by atoms with Crippen LogP contribution in [-0.2, 0) is 19.6 Å². The molecule has 0 aliphatic rings. The van der Waals surface area contributed by atoms with E-state index in [2.05, 4.69) is 10.1 Å². The predicted octanol–water partition coefficient (Wildman–Crippen LogP) is 7.57. The van der Waals surface area contributed by atoms with E-state index >= 15 is 4.39 Å². The largest absolute Gasteiger partial charge is 0.485 e. The Balaban J connectivity index is 1.47. The first-order valence-electron chi connectivity index (χ1n) is 13.9. The van der Waals surface area contributed by atoms with Crippen LogP contribution in [0.25, 0.3) is 33.2 Å². The molecule has 0 amide bonds. The number of benzene rings is 3. The highest BCUT2D eigenvalue weighted by Gasteiger charge is 2.24. The van der Waals surface area contributed by atoms with Crippen molar-refractivity contribution in [1.29, 1.82) is 0 Å². The molecule has 3 aromatic carbocycles. The summed E-state index contributed by atoms with van der Waals surface area (Å²) in [6, 6.07) is 26.1. The van der Waals surface area contributed by atoms with Gasteiger partial charge in [-0.3, -0.25) is 9.36 Å². The average Bonchev–Trinajstić information content (AvgIpc) is 3.61. The normalized spacial score (nSPS) is 11.2. The Bertz CT molecular complexity index is 1950. The van der Waals surface area contributed by atoms with Crippen molar-refractivity contribution in [2.75, 3.05) is 0 Å². The smallest absolute Gasteiger partial charge is 0.262 e. The topological polar surface area (TPSA) is 83.0 Å². The lowest BCUT2D eigenvalue weighted by atomic mass is 10.1. The number of ether oxygens (including phenoxy) is 1. The summed E-state index contributed by atoms with van der Waals surface area (Å²) in [6.07, 6.45) is 0.588. The van der Waals surface area contributed by atoms with Crippen LogP contribution in [0.4, 0.5) is 4.39 Å². The first-order chi connectivity index (χ1) is 20.9. The summed E-state index contributed by atoms with van der Waals surface area (Å²) in [5.74, 6) is 0.831. The standard InChI is InChI=1S/C34H29FN4O3S/c1-21-30(29-19-27(22(2)43-29)32-37-23(3)42-38-32)34(40)39(18-17-24-11-6-4-7-12-24)33(36-21)26-15-10-16-28(35)31(26)41-20-25-13-8-5-9-14-25/h4-16,19H,17-18,20H2,1-3H3. The number of nitrogens with zero attached hydrogens (tertiary/aromatic N) is 4. The molecule has 0 aliphatic carbocycles. The number of aromatic nitrogens is 4. The molecule has 0 spiro atoms. The highest BCUT2D eigenvalue weighted by molar-refractivity contribution is 7.16. The molecular weight excluding hydrogens is 563 g/mol. The van der Waals surface area contributed by atoms with Crippen molar-refractivity contribution >= 4 is 11.3 Å². The Morgan fingerprint density at radius 3 is 2.30 bits per heavy atom. The minimum Gasteiger partial charge on any atom is -0.485 e. The van der Waals surface area contributed by atoms with Crippen molar-refractivity contribution in [3.05, 3.63) is 129 Å². The van der Waals surface area contributed by atoms with Crippen LogP contribution in [0.1, 0.15) is 27.6 Å². The Hall–Kier alpha value is -4.89. The van der Waals surface area contributed by atoms with Gasteiger partial charge in [0.2, 0.25) is 11.7 Å². The Kier molecular flexibility index (Phi) is 7.98. The van der Waals surface area contributed by atoms with E-state index in [9.17, 15) is 4.79 Å². The van der Waals surface area contributed by atoms with Gasteiger partial charge >= 0.3 is 0 Å². The van der Waals surface area contributed by atoms with E-state index in [0.717, 1.165) is 26.4 Å². The lowest BCUT2D eigenvalue weighted by Crippen LogP contribution is -2.27. The lowest BCUT2D eigenvalue weighted by Gasteiger charge is -2.18. The van der Waals surface area contributed by atoms with Gasteiger partial charge in [0.25, 0.3) is 5.56 Å². The van der Waals surface area contributed by atoms with Gasteiger partial charge in [0.1, 0.15) is 12.4 Å². The maximum atomic E-state index is 15.3. The highest BCUT2D eigenvalue weighted by atomic mass is 32.1. The molecule has 216 valence electrons. The Morgan fingerprint density at radius 1 is 0.884 bits per heavy atom. The number of rotatable bonds is 9. The number of halogens is 1. The fourth-order valence-corrected chi connectivity index (χ4v) is 6.14. The van der Waals surface area contributed by atoms with Crippen LogP contribution in [0.3, 0.4) is 0 Å². The van der Waals surface area contributed by atoms with Gasteiger partial charge in [-0.1, -0.05) is 71.9 Å². The highest BCUT2D eigenvalue weighted by Crippen LogP contribution is 2.37. The van der Waals surface area contributed by atoms with Crippen molar-refractivity contribution < 1.29 is 13.7 Å². The second-order valence-corrected chi connectivity index (χ2v) is 11.5. The Morgan fingerprint density at radius 2 is 1.60 bits per heavy atom.